The molecule has 2 nitrogen and oxygen atoms in total. The summed E-state index contributed by atoms with van der Waals surface area (Å²) in [6.45, 7) is 0. The van der Waals surface area contributed by atoms with Crippen molar-refractivity contribution in [3.63, 3.8) is 0 Å². The Hall–Kier alpha value is -1.28. The van der Waals surface area contributed by atoms with Crippen molar-refractivity contribution in [2.45, 2.75) is 18.7 Å². The summed E-state index contributed by atoms with van der Waals surface area (Å²) in [5.41, 5.74) is -0.748. The van der Waals surface area contributed by atoms with Gasteiger partial charge in [-0.1, -0.05) is 0 Å². The summed E-state index contributed by atoms with van der Waals surface area (Å²) in [5, 5.41) is 8.43. The maximum Gasteiger partial charge on any atom is 0.280 e. The Morgan fingerprint density at radius 2 is 2.13 bits per heavy atom. The van der Waals surface area contributed by atoms with Gasteiger partial charge < -0.3 is 0 Å². The standard InChI is InChI=1S/C9H6ClF3N2/c10-3-6-5(1-2-14)7(11)4-15-8(6)9(12)13/h4,9H,1,3H2. The lowest BCUT2D eigenvalue weighted by Gasteiger charge is -2.09. The van der Waals surface area contributed by atoms with E-state index in [1.807, 2.05) is 0 Å². The number of nitrogens with zero attached hydrogens (tertiary/aromatic N) is 2. The molecule has 0 N–H and O–H groups in total. The highest BCUT2D eigenvalue weighted by molar-refractivity contribution is 6.17. The lowest BCUT2D eigenvalue weighted by molar-refractivity contribution is 0.144. The van der Waals surface area contributed by atoms with E-state index in [-0.39, 0.29) is 23.4 Å². The second-order valence-electron chi connectivity index (χ2n) is 2.72. The molecule has 0 unspecified atom stereocenters. The molecule has 80 valence electrons. The lowest BCUT2D eigenvalue weighted by atomic mass is 10.1. The Kier molecular flexibility index (Phi) is 3.92. The van der Waals surface area contributed by atoms with Gasteiger partial charge in [-0.05, 0) is 0 Å². The Morgan fingerprint density at radius 3 is 2.60 bits per heavy atom. The molecule has 0 atom stereocenters. The molecule has 0 aliphatic rings. The predicted octanol–water partition coefficient (Wildman–Crippen LogP) is 2.96. The molecule has 6 heteroatoms. The van der Waals surface area contributed by atoms with Crippen molar-refractivity contribution < 1.29 is 13.2 Å². The maximum absolute atomic E-state index is 13.2. The van der Waals surface area contributed by atoms with Crippen molar-refractivity contribution in [3.8, 4) is 6.07 Å². The lowest BCUT2D eigenvalue weighted by Crippen LogP contribution is -2.04. The van der Waals surface area contributed by atoms with Crippen molar-refractivity contribution >= 4 is 11.6 Å². The summed E-state index contributed by atoms with van der Waals surface area (Å²) < 4.78 is 38.0. The van der Waals surface area contributed by atoms with Gasteiger partial charge in [-0.15, -0.1) is 11.6 Å². The third-order valence-corrected chi connectivity index (χ3v) is 2.14. The average Bonchev–Trinajstić information content (AvgIpc) is 2.20. The number of aromatic nitrogens is 1. The summed E-state index contributed by atoms with van der Waals surface area (Å²) in [6.07, 6.45) is -2.43. The van der Waals surface area contributed by atoms with Crippen molar-refractivity contribution in [1.82, 2.24) is 4.98 Å². The number of alkyl halides is 3. The number of rotatable bonds is 3. The molecule has 1 rings (SSSR count). The van der Waals surface area contributed by atoms with E-state index in [1.165, 1.54) is 0 Å². The minimum absolute atomic E-state index is 0.0896. The quantitative estimate of drug-likeness (QED) is 0.754. The molecule has 0 spiro atoms. The molecule has 0 fully saturated rings. The average molecular weight is 235 g/mol. The minimum Gasteiger partial charge on any atom is -0.252 e. The number of halogens is 4. The Balaban J connectivity index is 3.34. The van der Waals surface area contributed by atoms with Crippen LogP contribution >= 0.6 is 11.6 Å². The Labute approximate surface area is 89.3 Å². The molecular formula is C9H6ClF3N2. The first kappa shape index (κ1) is 11.8. The normalized spacial score (nSPS) is 10.4. The largest absolute Gasteiger partial charge is 0.280 e. The SMILES string of the molecule is N#CCc1c(F)cnc(C(F)F)c1CCl. The Morgan fingerprint density at radius 1 is 1.47 bits per heavy atom. The van der Waals surface area contributed by atoms with Gasteiger partial charge in [-0.3, -0.25) is 4.98 Å². The summed E-state index contributed by atoms with van der Waals surface area (Å²) in [4.78, 5) is 3.27. The van der Waals surface area contributed by atoms with Crippen LogP contribution in [0.3, 0.4) is 0 Å². The molecular weight excluding hydrogens is 229 g/mol. The van der Waals surface area contributed by atoms with Crippen LogP contribution in [0.15, 0.2) is 6.20 Å². The fraction of sp³-hybridized carbons (Fsp3) is 0.333. The maximum atomic E-state index is 13.2. The molecule has 0 aliphatic heterocycles. The fourth-order valence-corrected chi connectivity index (χ4v) is 1.49. The van der Waals surface area contributed by atoms with Crippen LogP contribution in [0.25, 0.3) is 0 Å². The zero-order chi connectivity index (χ0) is 11.4. The first-order valence-corrected chi connectivity index (χ1v) is 4.52. The first-order valence-electron chi connectivity index (χ1n) is 3.99. The second-order valence-corrected chi connectivity index (χ2v) is 2.98. The molecule has 0 saturated carbocycles. The summed E-state index contributed by atoms with van der Waals surface area (Å²) in [6, 6.07) is 1.69. The molecule has 0 aromatic carbocycles. The number of nitriles is 1. The summed E-state index contributed by atoms with van der Waals surface area (Å²) in [5.74, 6) is -1.07. The Bertz CT molecular complexity index is 401. The van der Waals surface area contributed by atoms with Gasteiger partial charge in [0.15, 0.2) is 0 Å². The molecule has 1 aromatic rings. The molecule has 1 aromatic heterocycles. The highest BCUT2D eigenvalue weighted by atomic mass is 35.5. The van der Waals surface area contributed by atoms with Crippen LogP contribution in [0.1, 0.15) is 23.2 Å². The topological polar surface area (TPSA) is 36.7 Å². The van der Waals surface area contributed by atoms with Gasteiger partial charge in [0.2, 0.25) is 0 Å². The zero-order valence-corrected chi connectivity index (χ0v) is 8.23. The van der Waals surface area contributed by atoms with Crippen LogP contribution in [0, 0.1) is 17.1 Å². The molecule has 0 saturated heterocycles. The molecule has 15 heavy (non-hydrogen) atoms. The molecule has 0 bridgehead atoms. The van der Waals surface area contributed by atoms with Crippen LogP contribution in [0.4, 0.5) is 13.2 Å². The number of hydrogen-bond donors (Lipinski definition) is 0. The third-order valence-electron chi connectivity index (χ3n) is 1.87. The monoisotopic (exact) mass is 234 g/mol. The van der Waals surface area contributed by atoms with Gasteiger partial charge in [0.25, 0.3) is 6.43 Å². The van der Waals surface area contributed by atoms with Gasteiger partial charge in [0.1, 0.15) is 11.5 Å². The fourth-order valence-electron chi connectivity index (χ4n) is 1.19. The van der Waals surface area contributed by atoms with E-state index in [0.717, 1.165) is 0 Å². The van der Waals surface area contributed by atoms with Gasteiger partial charge >= 0.3 is 0 Å². The van der Waals surface area contributed by atoms with E-state index in [1.54, 1.807) is 6.07 Å². The van der Waals surface area contributed by atoms with Gasteiger partial charge in [0.05, 0.1) is 18.7 Å². The van der Waals surface area contributed by atoms with E-state index >= 15 is 0 Å². The van der Waals surface area contributed by atoms with Crippen LogP contribution < -0.4 is 0 Å². The van der Waals surface area contributed by atoms with E-state index < -0.39 is 17.9 Å². The van der Waals surface area contributed by atoms with Crippen molar-refractivity contribution in [1.29, 1.82) is 5.26 Å². The van der Waals surface area contributed by atoms with E-state index in [2.05, 4.69) is 4.98 Å². The minimum atomic E-state index is -2.82. The van der Waals surface area contributed by atoms with Crippen LogP contribution in [-0.4, -0.2) is 4.98 Å². The molecule has 0 amide bonds. The van der Waals surface area contributed by atoms with Crippen molar-refractivity contribution in [2.75, 3.05) is 0 Å². The first-order chi connectivity index (χ1) is 7.11. The highest BCUT2D eigenvalue weighted by Crippen LogP contribution is 2.26. The smallest absolute Gasteiger partial charge is 0.252 e. The highest BCUT2D eigenvalue weighted by Gasteiger charge is 2.20. The van der Waals surface area contributed by atoms with Crippen LogP contribution in [-0.2, 0) is 12.3 Å². The van der Waals surface area contributed by atoms with E-state index in [4.69, 9.17) is 16.9 Å². The zero-order valence-electron chi connectivity index (χ0n) is 7.48. The van der Waals surface area contributed by atoms with E-state index in [0.29, 0.717) is 6.20 Å². The van der Waals surface area contributed by atoms with Gasteiger partial charge in [0, 0.05) is 17.0 Å². The summed E-state index contributed by atoms with van der Waals surface area (Å²) in [7, 11) is 0. The van der Waals surface area contributed by atoms with Crippen molar-refractivity contribution in [3.05, 3.63) is 28.8 Å². The predicted molar refractivity (Wildman–Crippen MR) is 48.0 cm³/mol. The van der Waals surface area contributed by atoms with Crippen LogP contribution in [0.2, 0.25) is 0 Å². The van der Waals surface area contributed by atoms with Crippen molar-refractivity contribution in [2.24, 2.45) is 0 Å². The molecule has 0 radical (unpaired) electrons. The van der Waals surface area contributed by atoms with E-state index in [9.17, 15) is 13.2 Å². The molecule has 0 aliphatic carbocycles. The number of pyridine rings is 1. The number of hydrogen-bond acceptors (Lipinski definition) is 2. The van der Waals surface area contributed by atoms with Gasteiger partial charge in [-0.25, -0.2) is 13.2 Å². The molecule has 1 heterocycles. The second kappa shape index (κ2) is 4.99. The van der Waals surface area contributed by atoms with Crippen LogP contribution in [0.5, 0.6) is 0 Å². The van der Waals surface area contributed by atoms with Gasteiger partial charge in [-0.2, -0.15) is 5.26 Å². The third kappa shape index (κ3) is 2.39. The summed E-state index contributed by atoms with van der Waals surface area (Å²) >= 11 is 5.44.